The van der Waals surface area contributed by atoms with Gasteiger partial charge in [0.1, 0.15) is 0 Å². The molecule has 2 aliphatic rings. The first-order chi connectivity index (χ1) is 10.2. The summed E-state index contributed by atoms with van der Waals surface area (Å²) in [4.78, 5) is 2.37. The first-order valence-corrected chi connectivity index (χ1v) is 8.47. The van der Waals surface area contributed by atoms with Gasteiger partial charge in [-0.2, -0.15) is 0 Å². The first-order valence-electron chi connectivity index (χ1n) is 8.47. The van der Waals surface area contributed by atoms with Crippen LogP contribution in [0.1, 0.15) is 49.8 Å². The third-order valence-electron chi connectivity index (χ3n) is 5.22. The van der Waals surface area contributed by atoms with Crippen LogP contribution in [0.2, 0.25) is 0 Å². The summed E-state index contributed by atoms with van der Waals surface area (Å²) in [5.41, 5.74) is 10.3. The van der Waals surface area contributed by atoms with Crippen LogP contribution in [0.25, 0.3) is 0 Å². The summed E-state index contributed by atoms with van der Waals surface area (Å²) in [6.45, 7) is 4.21. The highest BCUT2D eigenvalue weighted by Gasteiger charge is 2.24. The van der Waals surface area contributed by atoms with E-state index in [1.807, 2.05) is 0 Å². The Labute approximate surface area is 128 Å². The van der Waals surface area contributed by atoms with Gasteiger partial charge >= 0.3 is 0 Å². The predicted molar refractivity (Wildman–Crippen MR) is 89.8 cm³/mol. The van der Waals surface area contributed by atoms with Crippen LogP contribution < -0.4 is 16.0 Å². The Morgan fingerprint density at radius 3 is 2.95 bits per heavy atom. The molecule has 1 aromatic carbocycles. The van der Waals surface area contributed by atoms with Crippen molar-refractivity contribution in [3.8, 4) is 0 Å². The van der Waals surface area contributed by atoms with Gasteiger partial charge in [0.05, 0.1) is 0 Å². The fraction of sp³-hybridized carbons (Fsp3) is 0.667. The number of nitrogens with two attached hydrogens (primary N) is 1. The van der Waals surface area contributed by atoms with E-state index in [1.165, 1.54) is 55.5 Å². The minimum absolute atomic E-state index is 0.304. The molecule has 21 heavy (non-hydrogen) atoms. The molecule has 1 aromatic rings. The third kappa shape index (κ3) is 3.24. The number of anilines is 1. The summed E-state index contributed by atoms with van der Waals surface area (Å²) in [6.07, 6.45) is 6.40. The number of nitrogens with one attached hydrogen (secondary N) is 1. The van der Waals surface area contributed by atoms with E-state index in [2.05, 4.69) is 42.4 Å². The van der Waals surface area contributed by atoms with Crippen molar-refractivity contribution in [3.05, 3.63) is 29.3 Å². The SMILES string of the molecule is CC1CCC(NC(CN)c2ccc3c(c2)CCCN3C)C1. The van der Waals surface area contributed by atoms with E-state index in [-0.39, 0.29) is 0 Å². The number of hydrogen-bond acceptors (Lipinski definition) is 3. The standard InChI is InChI=1S/C18H29N3/c1-13-5-7-16(10-13)20-17(12-19)14-6-8-18-15(11-14)4-3-9-21(18)2/h6,8,11,13,16-17,20H,3-5,7,9-10,12,19H2,1-2H3. The summed E-state index contributed by atoms with van der Waals surface area (Å²) >= 11 is 0. The van der Waals surface area contributed by atoms with E-state index in [0.717, 1.165) is 5.92 Å². The van der Waals surface area contributed by atoms with Crippen molar-refractivity contribution in [2.75, 3.05) is 25.0 Å². The van der Waals surface area contributed by atoms with Crippen LogP contribution in [0.15, 0.2) is 18.2 Å². The zero-order chi connectivity index (χ0) is 14.8. The van der Waals surface area contributed by atoms with Gasteiger partial charge in [0.25, 0.3) is 0 Å². The molecule has 0 saturated heterocycles. The quantitative estimate of drug-likeness (QED) is 0.895. The smallest absolute Gasteiger partial charge is 0.0446 e. The second-order valence-electron chi connectivity index (χ2n) is 6.98. The van der Waals surface area contributed by atoms with Crippen molar-refractivity contribution in [3.63, 3.8) is 0 Å². The molecule has 0 amide bonds. The van der Waals surface area contributed by atoms with Gasteiger partial charge in [0.15, 0.2) is 0 Å². The van der Waals surface area contributed by atoms with Gasteiger partial charge in [-0.3, -0.25) is 0 Å². The predicted octanol–water partition coefficient (Wildman–Crippen LogP) is 2.85. The Hall–Kier alpha value is -1.06. The molecule has 3 heteroatoms. The lowest BCUT2D eigenvalue weighted by Gasteiger charge is -2.29. The fourth-order valence-electron chi connectivity index (χ4n) is 3.97. The van der Waals surface area contributed by atoms with Crippen LogP contribution >= 0.6 is 0 Å². The van der Waals surface area contributed by atoms with E-state index < -0.39 is 0 Å². The number of hydrogen-bond donors (Lipinski definition) is 2. The highest BCUT2D eigenvalue weighted by atomic mass is 15.1. The van der Waals surface area contributed by atoms with Gasteiger partial charge in [0, 0.05) is 37.9 Å². The second-order valence-corrected chi connectivity index (χ2v) is 6.98. The van der Waals surface area contributed by atoms with E-state index in [4.69, 9.17) is 5.73 Å². The molecule has 0 bridgehead atoms. The molecule has 3 unspecified atom stereocenters. The van der Waals surface area contributed by atoms with Crippen LogP contribution in [0.4, 0.5) is 5.69 Å². The van der Waals surface area contributed by atoms with Gasteiger partial charge in [-0.15, -0.1) is 0 Å². The highest BCUT2D eigenvalue weighted by Crippen LogP contribution is 2.30. The monoisotopic (exact) mass is 287 g/mol. The number of rotatable bonds is 4. The van der Waals surface area contributed by atoms with Gasteiger partial charge < -0.3 is 16.0 Å². The summed E-state index contributed by atoms with van der Waals surface area (Å²) in [5, 5.41) is 3.79. The molecule has 0 spiro atoms. The highest BCUT2D eigenvalue weighted by molar-refractivity contribution is 5.56. The minimum Gasteiger partial charge on any atom is -0.374 e. The van der Waals surface area contributed by atoms with E-state index in [0.29, 0.717) is 18.6 Å². The lowest BCUT2D eigenvalue weighted by Crippen LogP contribution is -2.35. The second kappa shape index (κ2) is 6.37. The molecular weight excluding hydrogens is 258 g/mol. The lowest BCUT2D eigenvalue weighted by molar-refractivity contribution is 0.434. The molecule has 3 N–H and O–H groups in total. The molecule has 3 atom stereocenters. The average Bonchev–Trinajstić information content (AvgIpc) is 2.90. The Balaban J connectivity index is 1.74. The summed E-state index contributed by atoms with van der Waals surface area (Å²) in [6, 6.07) is 7.88. The Morgan fingerprint density at radius 1 is 1.38 bits per heavy atom. The number of benzene rings is 1. The molecule has 1 aliphatic carbocycles. The van der Waals surface area contributed by atoms with Crippen molar-refractivity contribution in [1.82, 2.24) is 5.32 Å². The van der Waals surface area contributed by atoms with Crippen molar-refractivity contribution < 1.29 is 0 Å². The van der Waals surface area contributed by atoms with Gasteiger partial charge in [-0.05, 0) is 55.2 Å². The third-order valence-corrected chi connectivity index (χ3v) is 5.22. The normalized spacial score (nSPS) is 26.7. The van der Waals surface area contributed by atoms with Crippen LogP contribution in [0.3, 0.4) is 0 Å². The van der Waals surface area contributed by atoms with Crippen LogP contribution in [0, 0.1) is 5.92 Å². The maximum atomic E-state index is 6.05. The van der Waals surface area contributed by atoms with Crippen molar-refractivity contribution in [1.29, 1.82) is 0 Å². The fourth-order valence-corrected chi connectivity index (χ4v) is 3.97. The molecule has 1 fully saturated rings. The molecule has 3 nitrogen and oxygen atoms in total. The van der Waals surface area contributed by atoms with Crippen molar-refractivity contribution >= 4 is 5.69 Å². The maximum Gasteiger partial charge on any atom is 0.0446 e. The van der Waals surface area contributed by atoms with Crippen LogP contribution in [-0.2, 0) is 6.42 Å². The van der Waals surface area contributed by atoms with Crippen molar-refractivity contribution in [2.45, 2.75) is 51.1 Å². The van der Waals surface area contributed by atoms with E-state index >= 15 is 0 Å². The van der Waals surface area contributed by atoms with Crippen LogP contribution in [0.5, 0.6) is 0 Å². The number of fused-ring (bicyclic) bond motifs is 1. The Bertz CT molecular complexity index is 485. The molecule has 1 aliphatic heterocycles. The molecular formula is C18H29N3. The van der Waals surface area contributed by atoms with Crippen LogP contribution in [-0.4, -0.2) is 26.2 Å². The Kier molecular flexibility index (Phi) is 4.51. The molecule has 0 radical (unpaired) electrons. The minimum atomic E-state index is 0.304. The van der Waals surface area contributed by atoms with Gasteiger partial charge in [-0.1, -0.05) is 19.1 Å². The average molecular weight is 287 g/mol. The Morgan fingerprint density at radius 2 is 2.24 bits per heavy atom. The van der Waals surface area contributed by atoms with Crippen molar-refractivity contribution in [2.24, 2.45) is 11.7 Å². The summed E-state index contributed by atoms with van der Waals surface area (Å²) in [5.74, 6) is 0.859. The zero-order valence-electron chi connectivity index (χ0n) is 13.4. The van der Waals surface area contributed by atoms with Gasteiger partial charge in [-0.25, -0.2) is 0 Å². The topological polar surface area (TPSA) is 41.3 Å². The molecule has 0 aromatic heterocycles. The largest absolute Gasteiger partial charge is 0.374 e. The number of aryl methyl sites for hydroxylation is 1. The summed E-state index contributed by atoms with van der Waals surface area (Å²) < 4.78 is 0. The molecule has 3 rings (SSSR count). The lowest BCUT2D eigenvalue weighted by atomic mass is 9.96. The van der Waals surface area contributed by atoms with E-state index in [1.54, 1.807) is 0 Å². The number of nitrogens with zero attached hydrogens (tertiary/aromatic N) is 1. The first kappa shape index (κ1) is 14.9. The molecule has 1 heterocycles. The molecule has 1 saturated carbocycles. The summed E-state index contributed by atoms with van der Waals surface area (Å²) in [7, 11) is 2.19. The zero-order valence-corrected chi connectivity index (χ0v) is 13.4. The van der Waals surface area contributed by atoms with E-state index in [9.17, 15) is 0 Å². The maximum absolute atomic E-state index is 6.05. The molecule has 116 valence electrons. The van der Waals surface area contributed by atoms with Gasteiger partial charge in [0.2, 0.25) is 0 Å².